The van der Waals surface area contributed by atoms with Gasteiger partial charge in [0.25, 0.3) is 5.91 Å². The number of rotatable bonds is 10. The number of nitrogens with one attached hydrogen (secondary N) is 2. The van der Waals surface area contributed by atoms with Gasteiger partial charge < -0.3 is 29.3 Å². The summed E-state index contributed by atoms with van der Waals surface area (Å²) in [6.45, 7) is 4.58. The Morgan fingerprint density at radius 3 is 2.25 bits per heavy atom. The number of aryl methyl sites for hydroxylation is 1. The standard InChI is InChI=1S/C28H32N2O6/c1-6-29-27(32)28(11-12-28)19-8-7-17(2)18(13-19)14-20-9-10-22(36-20)26(31)30-25-23(34-4)15-21(33-3)16-24(25)35-5/h7-10,13,15-16H,6,11-12,14H2,1-5H3,(H,29,32)(H,30,31). The third-order valence-electron chi connectivity index (χ3n) is 6.63. The fourth-order valence-electron chi connectivity index (χ4n) is 4.35. The summed E-state index contributed by atoms with van der Waals surface area (Å²) in [6.07, 6.45) is 2.21. The van der Waals surface area contributed by atoms with Crippen molar-refractivity contribution in [3.05, 3.63) is 70.7 Å². The van der Waals surface area contributed by atoms with Crippen LogP contribution in [0.4, 0.5) is 5.69 Å². The van der Waals surface area contributed by atoms with E-state index in [2.05, 4.69) is 16.7 Å². The van der Waals surface area contributed by atoms with Gasteiger partial charge in [-0.1, -0.05) is 18.2 Å². The molecule has 0 unspecified atom stereocenters. The van der Waals surface area contributed by atoms with Crippen LogP contribution in [0.3, 0.4) is 0 Å². The van der Waals surface area contributed by atoms with Crippen molar-refractivity contribution in [1.29, 1.82) is 0 Å². The highest BCUT2D eigenvalue weighted by Gasteiger charge is 2.51. The first-order chi connectivity index (χ1) is 17.3. The molecular weight excluding hydrogens is 460 g/mol. The van der Waals surface area contributed by atoms with Gasteiger partial charge in [-0.25, -0.2) is 0 Å². The molecule has 0 saturated heterocycles. The maximum atomic E-state index is 13.0. The molecule has 0 spiro atoms. The van der Waals surface area contributed by atoms with Crippen LogP contribution >= 0.6 is 0 Å². The van der Waals surface area contributed by atoms with Crippen LogP contribution in [0.25, 0.3) is 0 Å². The highest BCUT2D eigenvalue weighted by atomic mass is 16.5. The van der Waals surface area contributed by atoms with E-state index in [0.717, 1.165) is 29.5 Å². The molecular formula is C28H32N2O6. The summed E-state index contributed by atoms with van der Waals surface area (Å²) in [5, 5.41) is 5.78. The zero-order valence-electron chi connectivity index (χ0n) is 21.3. The molecule has 1 aliphatic rings. The van der Waals surface area contributed by atoms with Crippen LogP contribution in [-0.2, 0) is 16.6 Å². The molecule has 8 heteroatoms. The minimum atomic E-state index is -0.429. The molecule has 190 valence electrons. The molecule has 0 bridgehead atoms. The van der Waals surface area contributed by atoms with Gasteiger partial charge in [-0.3, -0.25) is 9.59 Å². The van der Waals surface area contributed by atoms with Crippen molar-refractivity contribution in [2.24, 2.45) is 0 Å². The Bertz CT molecular complexity index is 1250. The lowest BCUT2D eigenvalue weighted by atomic mass is 9.90. The number of carbonyl (C=O) groups is 2. The molecule has 0 atom stereocenters. The van der Waals surface area contributed by atoms with Gasteiger partial charge in [-0.15, -0.1) is 0 Å². The minimum Gasteiger partial charge on any atom is -0.496 e. The van der Waals surface area contributed by atoms with Gasteiger partial charge in [0.05, 0.1) is 26.7 Å². The second-order valence-corrected chi connectivity index (χ2v) is 8.89. The molecule has 1 heterocycles. The van der Waals surface area contributed by atoms with E-state index in [9.17, 15) is 9.59 Å². The Kier molecular flexibility index (Phi) is 7.24. The number of carbonyl (C=O) groups excluding carboxylic acids is 2. The summed E-state index contributed by atoms with van der Waals surface area (Å²) < 4.78 is 22.0. The Labute approximate surface area is 210 Å². The Balaban J connectivity index is 1.53. The van der Waals surface area contributed by atoms with Crippen LogP contribution in [-0.4, -0.2) is 39.7 Å². The van der Waals surface area contributed by atoms with Crippen molar-refractivity contribution in [3.63, 3.8) is 0 Å². The zero-order chi connectivity index (χ0) is 25.9. The van der Waals surface area contributed by atoms with E-state index in [0.29, 0.717) is 41.7 Å². The highest BCUT2D eigenvalue weighted by Crippen LogP contribution is 2.49. The summed E-state index contributed by atoms with van der Waals surface area (Å²) in [7, 11) is 4.55. The number of methoxy groups -OCH3 is 3. The number of amides is 2. The van der Waals surface area contributed by atoms with Crippen LogP contribution in [0.5, 0.6) is 17.2 Å². The molecule has 1 saturated carbocycles. The molecule has 0 radical (unpaired) electrons. The van der Waals surface area contributed by atoms with Gasteiger partial charge in [-0.05, 0) is 55.5 Å². The second kappa shape index (κ2) is 10.4. The maximum Gasteiger partial charge on any atom is 0.291 e. The topological polar surface area (TPSA) is 99.0 Å². The van der Waals surface area contributed by atoms with Crippen molar-refractivity contribution >= 4 is 17.5 Å². The van der Waals surface area contributed by atoms with Crippen molar-refractivity contribution in [1.82, 2.24) is 5.32 Å². The van der Waals surface area contributed by atoms with E-state index in [-0.39, 0.29) is 11.7 Å². The number of anilines is 1. The zero-order valence-corrected chi connectivity index (χ0v) is 21.3. The summed E-state index contributed by atoms with van der Waals surface area (Å²) in [4.78, 5) is 25.6. The fourth-order valence-corrected chi connectivity index (χ4v) is 4.35. The smallest absolute Gasteiger partial charge is 0.291 e. The summed E-state index contributed by atoms with van der Waals surface area (Å²) >= 11 is 0. The maximum absolute atomic E-state index is 13.0. The first-order valence-corrected chi connectivity index (χ1v) is 11.9. The number of benzene rings is 2. The first kappa shape index (κ1) is 25.2. The summed E-state index contributed by atoms with van der Waals surface area (Å²) in [5.41, 5.74) is 3.14. The Morgan fingerprint density at radius 2 is 1.67 bits per heavy atom. The van der Waals surface area contributed by atoms with Gasteiger partial charge in [0.2, 0.25) is 5.91 Å². The highest BCUT2D eigenvalue weighted by molar-refractivity contribution is 6.04. The predicted octanol–water partition coefficient (Wildman–Crippen LogP) is 4.62. The van der Waals surface area contributed by atoms with Crippen molar-refractivity contribution in [2.45, 2.75) is 38.5 Å². The molecule has 0 aliphatic heterocycles. The first-order valence-electron chi connectivity index (χ1n) is 11.9. The number of hydrogen-bond donors (Lipinski definition) is 2. The van der Waals surface area contributed by atoms with E-state index in [1.165, 1.54) is 14.2 Å². The molecule has 2 aromatic carbocycles. The van der Waals surface area contributed by atoms with E-state index >= 15 is 0 Å². The van der Waals surface area contributed by atoms with Gasteiger partial charge in [0.1, 0.15) is 28.7 Å². The van der Waals surface area contributed by atoms with Crippen molar-refractivity contribution < 1.29 is 28.2 Å². The molecule has 8 nitrogen and oxygen atoms in total. The Hall–Kier alpha value is -3.94. The average molecular weight is 493 g/mol. The Morgan fingerprint density at radius 1 is 0.972 bits per heavy atom. The van der Waals surface area contributed by atoms with Gasteiger partial charge >= 0.3 is 0 Å². The lowest BCUT2D eigenvalue weighted by Crippen LogP contribution is -2.34. The van der Waals surface area contributed by atoms with Crippen molar-refractivity contribution in [2.75, 3.05) is 33.2 Å². The average Bonchev–Trinajstić information content (AvgIpc) is 3.57. The molecule has 4 rings (SSSR count). The van der Waals surface area contributed by atoms with E-state index in [1.54, 1.807) is 31.4 Å². The van der Waals surface area contributed by atoms with Gasteiger partial charge in [0, 0.05) is 25.1 Å². The largest absolute Gasteiger partial charge is 0.496 e. The minimum absolute atomic E-state index is 0.0844. The van der Waals surface area contributed by atoms with Gasteiger partial charge in [0.15, 0.2) is 5.76 Å². The molecule has 1 aromatic heterocycles. The molecule has 2 N–H and O–H groups in total. The third kappa shape index (κ3) is 4.89. The van der Waals surface area contributed by atoms with E-state index < -0.39 is 11.3 Å². The molecule has 1 fully saturated rings. The number of likely N-dealkylation sites (N-methyl/N-ethyl adjacent to an activating group) is 1. The van der Waals surface area contributed by atoms with E-state index in [1.807, 2.05) is 26.0 Å². The van der Waals surface area contributed by atoms with Crippen LogP contribution < -0.4 is 24.8 Å². The number of furan rings is 1. The lowest BCUT2D eigenvalue weighted by Gasteiger charge is -2.17. The second-order valence-electron chi connectivity index (χ2n) is 8.89. The third-order valence-corrected chi connectivity index (χ3v) is 6.63. The summed E-state index contributed by atoms with van der Waals surface area (Å²) in [5.74, 6) is 1.82. The number of hydrogen-bond acceptors (Lipinski definition) is 6. The monoisotopic (exact) mass is 492 g/mol. The number of ether oxygens (including phenoxy) is 3. The molecule has 2 amide bonds. The molecule has 3 aromatic rings. The predicted molar refractivity (Wildman–Crippen MR) is 136 cm³/mol. The van der Waals surface area contributed by atoms with Crippen LogP contribution in [0.2, 0.25) is 0 Å². The van der Waals surface area contributed by atoms with Gasteiger partial charge in [-0.2, -0.15) is 0 Å². The van der Waals surface area contributed by atoms with Crippen LogP contribution in [0.1, 0.15) is 52.8 Å². The molecule has 36 heavy (non-hydrogen) atoms. The fraction of sp³-hybridized carbons (Fsp3) is 0.357. The van der Waals surface area contributed by atoms with Crippen LogP contribution in [0.15, 0.2) is 46.9 Å². The normalized spacial score (nSPS) is 13.6. The summed E-state index contributed by atoms with van der Waals surface area (Å²) in [6, 6.07) is 12.9. The lowest BCUT2D eigenvalue weighted by molar-refractivity contribution is -0.123. The molecule has 1 aliphatic carbocycles. The van der Waals surface area contributed by atoms with Crippen molar-refractivity contribution in [3.8, 4) is 17.2 Å². The van der Waals surface area contributed by atoms with Crippen LogP contribution in [0, 0.1) is 6.92 Å². The SMILES string of the molecule is CCNC(=O)C1(c2ccc(C)c(Cc3ccc(C(=O)Nc4c(OC)cc(OC)cc4OC)o3)c2)CC1. The quantitative estimate of drug-likeness (QED) is 0.428. The van der Waals surface area contributed by atoms with E-state index in [4.69, 9.17) is 18.6 Å².